The third-order valence-corrected chi connectivity index (χ3v) is 7.63. The highest BCUT2D eigenvalue weighted by Crippen LogP contribution is 2.44. The maximum atomic E-state index is 13.1. The minimum Gasteiger partial charge on any atom is -0.481 e. The van der Waals surface area contributed by atoms with Gasteiger partial charge in [0, 0.05) is 10.9 Å². The van der Waals surface area contributed by atoms with Gasteiger partial charge in [-0.05, 0) is 62.8 Å². The van der Waals surface area contributed by atoms with Crippen LogP contribution in [-0.4, -0.2) is 28.9 Å². The summed E-state index contributed by atoms with van der Waals surface area (Å²) < 4.78 is 0. The summed E-state index contributed by atoms with van der Waals surface area (Å²) in [5, 5.41) is 16.0. The lowest BCUT2D eigenvalue weighted by molar-refractivity contribution is -0.146. The number of aliphatic carboxylic acids is 1. The molecule has 0 saturated carbocycles. The SMILES string of the molecule is CC(C)NC(=O)c1c(NC(=O)[C@H]2CC=CC[C@@H]2C(=O)O)sc2c1CC[C@@H](C(C)(C)C)C2. The Hall–Kier alpha value is -2.15. The first-order valence-electron chi connectivity index (χ1n) is 11.1. The second-order valence-electron chi connectivity index (χ2n) is 10.1. The number of carbonyl (C=O) groups is 3. The lowest BCUT2D eigenvalue weighted by Crippen LogP contribution is -2.35. The van der Waals surface area contributed by atoms with Crippen LogP contribution in [0.3, 0.4) is 0 Å². The van der Waals surface area contributed by atoms with Gasteiger partial charge < -0.3 is 15.7 Å². The molecule has 0 saturated heterocycles. The summed E-state index contributed by atoms with van der Waals surface area (Å²) in [4.78, 5) is 38.9. The molecule has 2 aliphatic carbocycles. The summed E-state index contributed by atoms with van der Waals surface area (Å²) in [6.07, 6.45) is 7.15. The lowest BCUT2D eigenvalue weighted by atomic mass is 9.72. The number of anilines is 1. The first-order chi connectivity index (χ1) is 14.5. The molecule has 3 N–H and O–H groups in total. The van der Waals surface area contributed by atoms with Crippen molar-refractivity contribution in [1.29, 1.82) is 0 Å². The number of rotatable bonds is 5. The van der Waals surface area contributed by atoms with Gasteiger partial charge in [0.15, 0.2) is 0 Å². The van der Waals surface area contributed by atoms with E-state index < -0.39 is 17.8 Å². The molecule has 3 rings (SSSR count). The van der Waals surface area contributed by atoms with Crippen LogP contribution in [-0.2, 0) is 22.4 Å². The number of carboxylic acids is 1. The van der Waals surface area contributed by atoms with Crippen molar-refractivity contribution in [2.24, 2.45) is 23.2 Å². The maximum Gasteiger partial charge on any atom is 0.307 e. The molecule has 6 nitrogen and oxygen atoms in total. The molecule has 31 heavy (non-hydrogen) atoms. The predicted octanol–water partition coefficient (Wildman–Crippen LogP) is 4.64. The lowest BCUT2D eigenvalue weighted by Gasteiger charge is -2.33. The van der Waals surface area contributed by atoms with Crippen LogP contribution in [0.15, 0.2) is 12.2 Å². The van der Waals surface area contributed by atoms with Gasteiger partial charge in [0.05, 0.1) is 17.4 Å². The zero-order chi connectivity index (χ0) is 22.9. The van der Waals surface area contributed by atoms with Crippen LogP contribution in [0.4, 0.5) is 5.00 Å². The number of allylic oxidation sites excluding steroid dienone is 2. The third kappa shape index (κ3) is 5.20. The Morgan fingerprint density at radius 3 is 2.35 bits per heavy atom. The van der Waals surface area contributed by atoms with E-state index in [0.717, 1.165) is 29.7 Å². The Morgan fingerprint density at radius 2 is 1.77 bits per heavy atom. The normalized spacial score (nSPS) is 23.4. The number of nitrogens with one attached hydrogen (secondary N) is 2. The molecular formula is C24H34N2O4S. The summed E-state index contributed by atoms with van der Waals surface area (Å²) in [6, 6.07) is -0.0163. The van der Waals surface area contributed by atoms with E-state index in [2.05, 4.69) is 31.4 Å². The van der Waals surface area contributed by atoms with Gasteiger partial charge in [-0.3, -0.25) is 14.4 Å². The van der Waals surface area contributed by atoms with Crippen molar-refractivity contribution >= 4 is 34.1 Å². The van der Waals surface area contributed by atoms with Crippen LogP contribution in [0.25, 0.3) is 0 Å². The van der Waals surface area contributed by atoms with Crippen LogP contribution in [0.2, 0.25) is 0 Å². The Kier molecular flexibility index (Phi) is 6.94. The molecule has 0 aromatic carbocycles. The second kappa shape index (κ2) is 9.15. The zero-order valence-corrected chi connectivity index (χ0v) is 19.9. The predicted molar refractivity (Wildman–Crippen MR) is 124 cm³/mol. The van der Waals surface area contributed by atoms with E-state index in [1.807, 2.05) is 26.0 Å². The molecule has 0 unspecified atom stereocenters. The summed E-state index contributed by atoms with van der Waals surface area (Å²) >= 11 is 1.48. The molecular weight excluding hydrogens is 412 g/mol. The van der Waals surface area contributed by atoms with Gasteiger partial charge in [0.25, 0.3) is 5.91 Å². The van der Waals surface area contributed by atoms with Gasteiger partial charge in [-0.2, -0.15) is 0 Å². The van der Waals surface area contributed by atoms with Gasteiger partial charge in [0.2, 0.25) is 5.91 Å². The number of carbonyl (C=O) groups excluding carboxylic acids is 2. The number of hydrogen-bond acceptors (Lipinski definition) is 4. The van der Waals surface area contributed by atoms with Crippen molar-refractivity contribution in [3.63, 3.8) is 0 Å². The van der Waals surface area contributed by atoms with Crippen molar-refractivity contribution in [3.05, 3.63) is 28.2 Å². The van der Waals surface area contributed by atoms with E-state index in [0.29, 0.717) is 29.3 Å². The Balaban J connectivity index is 1.93. The van der Waals surface area contributed by atoms with Crippen molar-refractivity contribution < 1.29 is 19.5 Å². The van der Waals surface area contributed by atoms with Crippen LogP contribution < -0.4 is 10.6 Å². The van der Waals surface area contributed by atoms with Crippen molar-refractivity contribution in [3.8, 4) is 0 Å². The number of amides is 2. The minimum atomic E-state index is -0.958. The molecule has 3 atom stereocenters. The van der Waals surface area contributed by atoms with Crippen molar-refractivity contribution in [1.82, 2.24) is 5.32 Å². The van der Waals surface area contributed by atoms with E-state index in [9.17, 15) is 19.5 Å². The average molecular weight is 447 g/mol. The quantitative estimate of drug-likeness (QED) is 0.574. The first kappa shape index (κ1) is 23.5. The molecule has 0 aliphatic heterocycles. The maximum absolute atomic E-state index is 13.1. The van der Waals surface area contributed by atoms with E-state index >= 15 is 0 Å². The molecule has 170 valence electrons. The topological polar surface area (TPSA) is 95.5 Å². The fraction of sp³-hybridized carbons (Fsp3) is 0.625. The number of carboxylic acid groups (broad SMARTS) is 1. The van der Waals surface area contributed by atoms with E-state index in [1.54, 1.807) is 0 Å². The average Bonchev–Trinajstić information content (AvgIpc) is 3.03. The minimum absolute atomic E-state index is 0.0163. The summed E-state index contributed by atoms with van der Waals surface area (Å²) in [7, 11) is 0. The second-order valence-corrected chi connectivity index (χ2v) is 11.2. The molecule has 0 fully saturated rings. The number of hydrogen-bond donors (Lipinski definition) is 3. The molecule has 0 radical (unpaired) electrons. The summed E-state index contributed by atoms with van der Waals surface area (Å²) in [5.74, 6) is -2.30. The first-order valence-corrected chi connectivity index (χ1v) is 11.9. The Bertz CT molecular complexity index is 894. The largest absolute Gasteiger partial charge is 0.481 e. The van der Waals surface area contributed by atoms with Gasteiger partial charge in [-0.1, -0.05) is 32.9 Å². The zero-order valence-electron chi connectivity index (χ0n) is 19.1. The summed E-state index contributed by atoms with van der Waals surface area (Å²) in [5.41, 5.74) is 1.78. The van der Waals surface area contributed by atoms with E-state index in [1.165, 1.54) is 11.3 Å². The smallest absolute Gasteiger partial charge is 0.307 e. The van der Waals surface area contributed by atoms with Gasteiger partial charge in [-0.25, -0.2) is 0 Å². The Labute approximate surface area is 188 Å². The van der Waals surface area contributed by atoms with E-state index in [4.69, 9.17) is 0 Å². The number of fused-ring (bicyclic) bond motifs is 1. The van der Waals surface area contributed by atoms with Gasteiger partial charge in [-0.15, -0.1) is 11.3 Å². The Morgan fingerprint density at radius 1 is 1.13 bits per heavy atom. The number of thiophene rings is 1. The highest BCUT2D eigenvalue weighted by atomic mass is 32.1. The highest BCUT2D eigenvalue weighted by molar-refractivity contribution is 7.17. The van der Waals surface area contributed by atoms with E-state index in [-0.39, 0.29) is 23.3 Å². The molecule has 2 amide bonds. The standard InChI is InChI=1S/C24H34N2O4S/c1-13(2)25-21(28)19-17-11-10-14(24(3,4)5)12-18(17)31-22(19)26-20(27)15-8-6-7-9-16(15)23(29)30/h6-7,13-16H,8-12H2,1-5H3,(H,25,28)(H,26,27)(H,29,30)/t14-,15+,16+/m1/s1. The van der Waals surface area contributed by atoms with Crippen LogP contribution in [0.5, 0.6) is 0 Å². The molecule has 2 aliphatic rings. The molecule has 7 heteroatoms. The monoisotopic (exact) mass is 446 g/mol. The van der Waals surface area contributed by atoms with Crippen LogP contribution in [0.1, 0.15) is 74.7 Å². The fourth-order valence-electron chi connectivity index (χ4n) is 4.57. The fourth-order valence-corrected chi connectivity index (χ4v) is 5.90. The molecule has 1 aromatic heterocycles. The van der Waals surface area contributed by atoms with Crippen LogP contribution in [0, 0.1) is 23.2 Å². The molecule has 0 spiro atoms. The van der Waals surface area contributed by atoms with Crippen molar-refractivity contribution in [2.45, 2.75) is 72.8 Å². The third-order valence-electron chi connectivity index (χ3n) is 6.46. The van der Waals surface area contributed by atoms with Gasteiger partial charge >= 0.3 is 5.97 Å². The molecule has 1 heterocycles. The molecule has 1 aromatic rings. The molecule has 0 bridgehead atoms. The highest BCUT2D eigenvalue weighted by Gasteiger charge is 2.37. The van der Waals surface area contributed by atoms with Crippen LogP contribution >= 0.6 is 11.3 Å². The summed E-state index contributed by atoms with van der Waals surface area (Å²) in [6.45, 7) is 10.6. The van der Waals surface area contributed by atoms with Gasteiger partial charge in [0.1, 0.15) is 5.00 Å². The van der Waals surface area contributed by atoms with Crippen molar-refractivity contribution in [2.75, 3.05) is 5.32 Å².